The first kappa shape index (κ1) is 12.4. The number of aliphatic hydroxyl groups excluding tert-OH is 1. The molecule has 78 valence electrons. The van der Waals surface area contributed by atoms with Crippen molar-refractivity contribution >= 4 is 5.91 Å². The standard InChI is InChI=1S/C9H20N2O2/c1-5-9(3,10)8(13)11(4)7(2)6-12/h7,12H,5-6,10H2,1-4H3. The Hall–Kier alpha value is -0.610. The molecule has 0 aliphatic heterocycles. The van der Waals surface area contributed by atoms with Crippen molar-refractivity contribution in [2.24, 2.45) is 5.73 Å². The molecule has 13 heavy (non-hydrogen) atoms. The molecule has 4 nitrogen and oxygen atoms in total. The van der Waals surface area contributed by atoms with Crippen molar-refractivity contribution in [3.05, 3.63) is 0 Å². The molecule has 2 atom stereocenters. The van der Waals surface area contributed by atoms with Gasteiger partial charge in [-0.15, -0.1) is 0 Å². The molecule has 0 aromatic heterocycles. The van der Waals surface area contributed by atoms with E-state index >= 15 is 0 Å². The summed E-state index contributed by atoms with van der Waals surface area (Å²) in [4.78, 5) is 13.2. The number of nitrogens with two attached hydrogens (primary N) is 1. The summed E-state index contributed by atoms with van der Waals surface area (Å²) in [5.74, 6) is -0.128. The SMILES string of the molecule is CCC(C)(N)C(=O)N(C)C(C)CO. The van der Waals surface area contributed by atoms with Crippen LogP contribution in [0.3, 0.4) is 0 Å². The molecule has 0 spiro atoms. The first-order valence-corrected chi connectivity index (χ1v) is 4.53. The minimum absolute atomic E-state index is 0.0396. The molecule has 0 bridgehead atoms. The van der Waals surface area contributed by atoms with E-state index in [1.807, 2.05) is 6.92 Å². The third-order valence-electron chi connectivity index (χ3n) is 2.47. The van der Waals surface area contributed by atoms with Gasteiger partial charge in [-0.1, -0.05) is 6.92 Å². The van der Waals surface area contributed by atoms with Gasteiger partial charge >= 0.3 is 0 Å². The Kier molecular flexibility index (Phi) is 4.36. The van der Waals surface area contributed by atoms with Crippen molar-refractivity contribution in [3.8, 4) is 0 Å². The summed E-state index contributed by atoms with van der Waals surface area (Å²) >= 11 is 0. The summed E-state index contributed by atoms with van der Waals surface area (Å²) in [5.41, 5.74) is 4.96. The van der Waals surface area contributed by atoms with Crippen LogP contribution in [0.15, 0.2) is 0 Å². The fourth-order valence-electron chi connectivity index (χ4n) is 0.877. The van der Waals surface area contributed by atoms with Crippen LogP contribution in [-0.2, 0) is 4.79 Å². The van der Waals surface area contributed by atoms with Crippen molar-refractivity contribution in [2.45, 2.75) is 38.8 Å². The summed E-state index contributed by atoms with van der Waals surface area (Å²) in [5, 5.41) is 8.86. The lowest BCUT2D eigenvalue weighted by Crippen LogP contribution is -2.54. The van der Waals surface area contributed by atoms with Gasteiger partial charge < -0.3 is 15.7 Å². The smallest absolute Gasteiger partial charge is 0.242 e. The molecule has 0 radical (unpaired) electrons. The van der Waals surface area contributed by atoms with Crippen LogP contribution in [0, 0.1) is 0 Å². The maximum absolute atomic E-state index is 11.7. The molecule has 0 fully saturated rings. The molecule has 0 saturated carbocycles. The Bertz CT molecular complexity index is 180. The molecule has 3 N–H and O–H groups in total. The van der Waals surface area contributed by atoms with Crippen LogP contribution >= 0.6 is 0 Å². The molecule has 0 rings (SSSR count). The highest BCUT2D eigenvalue weighted by Gasteiger charge is 2.30. The fraction of sp³-hybridized carbons (Fsp3) is 0.889. The van der Waals surface area contributed by atoms with Gasteiger partial charge in [0.05, 0.1) is 18.2 Å². The molecule has 0 aromatic rings. The summed E-state index contributed by atoms with van der Waals surface area (Å²) in [6.07, 6.45) is 0.592. The van der Waals surface area contributed by atoms with E-state index in [4.69, 9.17) is 10.8 Å². The number of hydrogen-bond acceptors (Lipinski definition) is 3. The molecule has 0 aliphatic carbocycles. The number of nitrogens with zero attached hydrogens (tertiary/aromatic N) is 1. The predicted molar refractivity (Wildman–Crippen MR) is 52.2 cm³/mol. The second-order valence-corrected chi connectivity index (χ2v) is 3.72. The molecule has 0 saturated heterocycles. The molecule has 0 aromatic carbocycles. The van der Waals surface area contributed by atoms with Gasteiger partial charge in [0, 0.05) is 7.05 Å². The Balaban J connectivity index is 4.42. The largest absolute Gasteiger partial charge is 0.394 e. The lowest BCUT2D eigenvalue weighted by molar-refractivity contribution is -0.137. The van der Waals surface area contributed by atoms with E-state index in [0.717, 1.165) is 0 Å². The minimum atomic E-state index is -0.821. The fourth-order valence-corrected chi connectivity index (χ4v) is 0.877. The highest BCUT2D eigenvalue weighted by molar-refractivity contribution is 5.85. The third-order valence-corrected chi connectivity index (χ3v) is 2.47. The van der Waals surface area contributed by atoms with Crippen LogP contribution in [-0.4, -0.2) is 41.1 Å². The maximum atomic E-state index is 11.7. The normalized spacial score (nSPS) is 17.7. The topological polar surface area (TPSA) is 66.6 Å². The van der Waals surface area contributed by atoms with Crippen molar-refractivity contribution in [1.82, 2.24) is 4.90 Å². The molecule has 0 heterocycles. The highest BCUT2D eigenvalue weighted by atomic mass is 16.3. The van der Waals surface area contributed by atoms with Crippen LogP contribution in [0.5, 0.6) is 0 Å². The average molecular weight is 188 g/mol. The number of aliphatic hydroxyl groups is 1. The number of likely N-dealkylation sites (N-methyl/N-ethyl adjacent to an activating group) is 1. The van der Waals surface area contributed by atoms with Gasteiger partial charge in [-0.2, -0.15) is 0 Å². The van der Waals surface area contributed by atoms with E-state index in [2.05, 4.69) is 0 Å². The van der Waals surface area contributed by atoms with E-state index in [9.17, 15) is 4.79 Å². The minimum Gasteiger partial charge on any atom is -0.394 e. The Labute approximate surface area is 79.7 Å². The first-order valence-electron chi connectivity index (χ1n) is 4.53. The van der Waals surface area contributed by atoms with Gasteiger partial charge in [-0.25, -0.2) is 0 Å². The monoisotopic (exact) mass is 188 g/mol. The second kappa shape index (κ2) is 4.58. The van der Waals surface area contributed by atoms with Gasteiger partial charge in [0.25, 0.3) is 0 Å². The first-order chi connectivity index (χ1) is 5.86. The Morgan fingerprint density at radius 3 is 2.46 bits per heavy atom. The number of amides is 1. The summed E-state index contributed by atoms with van der Waals surface area (Å²) in [6, 6.07) is -0.179. The van der Waals surface area contributed by atoms with Gasteiger partial charge in [0.2, 0.25) is 5.91 Å². The zero-order chi connectivity index (χ0) is 10.6. The van der Waals surface area contributed by atoms with Crippen molar-refractivity contribution in [3.63, 3.8) is 0 Å². The number of carbonyl (C=O) groups excluding carboxylic acids is 1. The quantitative estimate of drug-likeness (QED) is 0.650. The molecular formula is C9H20N2O2. The Morgan fingerprint density at radius 2 is 2.15 bits per heavy atom. The van der Waals surface area contributed by atoms with E-state index in [-0.39, 0.29) is 18.6 Å². The zero-order valence-corrected chi connectivity index (χ0v) is 8.87. The number of rotatable bonds is 4. The van der Waals surface area contributed by atoms with E-state index in [1.54, 1.807) is 20.9 Å². The van der Waals surface area contributed by atoms with Gasteiger partial charge in [0.1, 0.15) is 0 Å². The third kappa shape index (κ3) is 2.97. The number of hydrogen-bond donors (Lipinski definition) is 2. The molecule has 0 aliphatic rings. The van der Waals surface area contributed by atoms with Gasteiger partial charge in [0.15, 0.2) is 0 Å². The summed E-state index contributed by atoms with van der Waals surface area (Å²) in [6.45, 7) is 5.32. The van der Waals surface area contributed by atoms with Crippen LogP contribution < -0.4 is 5.73 Å². The van der Waals surface area contributed by atoms with Gasteiger partial charge in [-0.3, -0.25) is 4.79 Å². The number of carbonyl (C=O) groups is 1. The van der Waals surface area contributed by atoms with Crippen LogP contribution in [0.2, 0.25) is 0 Å². The molecular weight excluding hydrogens is 168 g/mol. The molecule has 1 amide bonds. The zero-order valence-electron chi connectivity index (χ0n) is 8.87. The van der Waals surface area contributed by atoms with E-state index in [0.29, 0.717) is 6.42 Å². The second-order valence-electron chi connectivity index (χ2n) is 3.72. The summed E-state index contributed by atoms with van der Waals surface area (Å²) in [7, 11) is 1.66. The maximum Gasteiger partial charge on any atom is 0.242 e. The Morgan fingerprint density at radius 1 is 1.69 bits per heavy atom. The van der Waals surface area contributed by atoms with Crippen molar-refractivity contribution in [2.75, 3.05) is 13.7 Å². The average Bonchev–Trinajstić information content (AvgIpc) is 2.14. The molecule has 4 heteroatoms. The van der Waals surface area contributed by atoms with Gasteiger partial charge in [-0.05, 0) is 20.3 Å². The lowest BCUT2D eigenvalue weighted by atomic mass is 9.98. The van der Waals surface area contributed by atoms with Crippen molar-refractivity contribution < 1.29 is 9.90 Å². The predicted octanol–water partition coefficient (Wildman–Crippen LogP) is -0.0470. The van der Waals surface area contributed by atoms with Crippen LogP contribution in [0.4, 0.5) is 0 Å². The highest BCUT2D eigenvalue weighted by Crippen LogP contribution is 2.10. The summed E-state index contributed by atoms with van der Waals surface area (Å²) < 4.78 is 0. The lowest BCUT2D eigenvalue weighted by Gasteiger charge is -2.31. The van der Waals surface area contributed by atoms with Crippen LogP contribution in [0.1, 0.15) is 27.2 Å². The van der Waals surface area contributed by atoms with Crippen LogP contribution in [0.25, 0.3) is 0 Å². The van der Waals surface area contributed by atoms with Crippen molar-refractivity contribution in [1.29, 1.82) is 0 Å². The molecule has 2 unspecified atom stereocenters. The van der Waals surface area contributed by atoms with E-state index in [1.165, 1.54) is 4.90 Å². The van der Waals surface area contributed by atoms with E-state index < -0.39 is 5.54 Å².